The van der Waals surface area contributed by atoms with Crippen molar-refractivity contribution in [2.24, 2.45) is 0 Å². The number of rotatable bonds is 8. The molecule has 0 fully saturated rings. The molecular weight excluding hydrogens is 388 g/mol. The first-order chi connectivity index (χ1) is 14.0. The summed E-state index contributed by atoms with van der Waals surface area (Å²) < 4.78 is 0. The van der Waals surface area contributed by atoms with Gasteiger partial charge in [0.1, 0.15) is 5.82 Å². The Labute approximate surface area is 174 Å². The summed E-state index contributed by atoms with van der Waals surface area (Å²) in [6.45, 7) is 0.473. The van der Waals surface area contributed by atoms with Gasteiger partial charge in [-0.05, 0) is 44.3 Å². The SMILES string of the molecule is CN(C)C(CNC(=O)CCCc1nc2ccccc2c(=O)[nH]1)c1ccccc1Cl. The minimum absolute atomic E-state index is 0.00819. The largest absolute Gasteiger partial charge is 0.354 e. The molecule has 0 aliphatic heterocycles. The van der Waals surface area contributed by atoms with Crippen LogP contribution in [0.15, 0.2) is 53.3 Å². The van der Waals surface area contributed by atoms with E-state index in [2.05, 4.69) is 15.3 Å². The van der Waals surface area contributed by atoms with Gasteiger partial charge in [0, 0.05) is 24.4 Å². The maximum atomic E-state index is 12.3. The van der Waals surface area contributed by atoms with Gasteiger partial charge in [-0.1, -0.05) is 41.9 Å². The fraction of sp³-hybridized carbons (Fsp3) is 0.318. The van der Waals surface area contributed by atoms with Crippen LogP contribution >= 0.6 is 11.6 Å². The summed E-state index contributed by atoms with van der Waals surface area (Å²) in [5.41, 5.74) is 1.50. The van der Waals surface area contributed by atoms with E-state index in [1.165, 1.54) is 0 Å². The maximum absolute atomic E-state index is 12.3. The smallest absolute Gasteiger partial charge is 0.258 e. The van der Waals surface area contributed by atoms with Crippen molar-refractivity contribution >= 4 is 28.4 Å². The molecule has 0 aliphatic rings. The quantitative estimate of drug-likeness (QED) is 0.595. The molecule has 7 heteroatoms. The third kappa shape index (κ3) is 5.43. The lowest BCUT2D eigenvalue weighted by molar-refractivity contribution is -0.121. The van der Waals surface area contributed by atoms with Crippen LogP contribution in [0.1, 0.15) is 30.3 Å². The summed E-state index contributed by atoms with van der Waals surface area (Å²) in [6.07, 6.45) is 1.50. The Morgan fingerprint density at radius 3 is 2.66 bits per heavy atom. The fourth-order valence-electron chi connectivity index (χ4n) is 3.28. The van der Waals surface area contributed by atoms with Gasteiger partial charge in [-0.3, -0.25) is 9.59 Å². The van der Waals surface area contributed by atoms with Crippen LogP contribution in [0.5, 0.6) is 0 Å². The molecule has 1 amide bonds. The number of nitrogens with zero attached hydrogens (tertiary/aromatic N) is 2. The summed E-state index contributed by atoms with van der Waals surface area (Å²) in [4.78, 5) is 33.7. The number of likely N-dealkylation sites (N-methyl/N-ethyl adjacent to an activating group) is 1. The van der Waals surface area contributed by atoms with Gasteiger partial charge in [0.05, 0.1) is 16.9 Å². The van der Waals surface area contributed by atoms with Crippen LogP contribution in [0.4, 0.5) is 0 Å². The molecule has 0 radical (unpaired) electrons. The first-order valence-corrected chi connectivity index (χ1v) is 9.99. The van der Waals surface area contributed by atoms with Crippen molar-refractivity contribution < 1.29 is 4.79 Å². The van der Waals surface area contributed by atoms with E-state index in [0.29, 0.717) is 47.6 Å². The molecule has 0 bridgehead atoms. The Balaban J connectivity index is 1.53. The third-order valence-electron chi connectivity index (χ3n) is 4.86. The minimum Gasteiger partial charge on any atom is -0.354 e. The van der Waals surface area contributed by atoms with E-state index in [4.69, 9.17) is 11.6 Å². The number of nitrogens with one attached hydrogen (secondary N) is 2. The number of benzene rings is 2. The van der Waals surface area contributed by atoms with E-state index in [1.807, 2.05) is 61.5 Å². The van der Waals surface area contributed by atoms with Gasteiger partial charge < -0.3 is 15.2 Å². The molecule has 2 aromatic carbocycles. The molecule has 3 rings (SSSR count). The van der Waals surface area contributed by atoms with Gasteiger partial charge in [0.15, 0.2) is 0 Å². The number of amides is 1. The second-order valence-electron chi connectivity index (χ2n) is 7.19. The highest BCUT2D eigenvalue weighted by molar-refractivity contribution is 6.31. The lowest BCUT2D eigenvalue weighted by Gasteiger charge is -2.26. The number of hydrogen-bond donors (Lipinski definition) is 2. The van der Waals surface area contributed by atoms with E-state index in [1.54, 1.807) is 6.07 Å². The highest BCUT2D eigenvalue weighted by Gasteiger charge is 2.17. The monoisotopic (exact) mass is 412 g/mol. The molecule has 29 heavy (non-hydrogen) atoms. The molecule has 6 nitrogen and oxygen atoms in total. The number of carbonyl (C=O) groups is 1. The first kappa shape index (κ1) is 21.0. The van der Waals surface area contributed by atoms with Crippen molar-refractivity contribution in [2.45, 2.75) is 25.3 Å². The van der Waals surface area contributed by atoms with Crippen LogP contribution in [0.3, 0.4) is 0 Å². The van der Waals surface area contributed by atoms with E-state index in [-0.39, 0.29) is 17.5 Å². The lowest BCUT2D eigenvalue weighted by Crippen LogP contribution is -2.34. The van der Waals surface area contributed by atoms with E-state index < -0.39 is 0 Å². The summed E-state index contributed by atoms with van der Waals surface area (Å²) in [5.74, 6) is 0.566. The zero-order valence-corrected chi connectivity index (χ0v) is 17.4. The molecule has 0 spiro atoms. The Bertz CT molecular complexity index is 1050. The molecule has 1 aromatic heterocycles. The topological polar surface area (TPSA) is 78.1 Å². The van der Waals surface area contributed by atoms with Crippen LogP contribution in [-0.2, 0) is 11.2 Å². The van der Waals surface area contributed by atoms with Crippen molar-refractivity contribution in [3.05, 3.63) is 75.3 Å². The molecule has 3 aromatic rings. The average Bonchev–Trinajstić information content (AvgIpc) is 2.69. The Morgan fingerprint density at radius 1 is 1.17 bits per heavy atom. The molecule has 152 valence electrons. The number of aromatic nitrogens is 2. The molecule has 2 N–H and O–H groups in total. The number of aromatic amines is 1. The average molecular weight is 413 g/mol. The molecular formula is C22H25ClN4O2. The van der Waals surface area contributed by atoms with Gasteiger partial charge in [0.2, 0.25) is 5.91 Å². The Morgan fingerprint density at radius 2 is 1.90 bits per heavy atom. The minimum atomic E-state index is -0.149. The molecule has 1 heterocycles. The van der Waals surface area contributed by atoms with E-state index in [0.717, 1.165) is 5.56 Å². The Hall–Kier alpha value is -2.70. The van der Waals surface area contributed by atoms with Crippen LogP contribution in [0, 0.1) is 0 Å². The second kappa shape index (κ2) is 9.67. The number of fused-ring (bicyclic) bond motifs is 1. The normalized spacial score (nSPS) is 12.3. The van der Waals surface area contributed by atoms with Crippen molar-refractivity contribution in [1.29, 1.82) is 0 Å². The van der Waals surface area contributed by atoms with Crippen molar-refractivity contribution in [3.63, 3.8) is 0 Å². The predicted octanol–water partition coefficient (Wildman–Crippen LogP) is 3.32. The van der Waals surface area contributed by atoms with Crippen molar-refractivity contribution in [3.8, 4) is 0 Å². The van der Waals surface area contributed by atoms with Crippen LogP contribution < -0.4 is 10.9 Å². The van der Waals surface area contributed by atoms with Gasteiger partial charge in [-0.25, -0.2) is 4.98 Å². The first-order valence-electron chi connectivity index (χ1n) is 9.61. The Kier molecular flexibility index (Phi) is 7.01. The third-order valence-corrected chi connectivity index (χ3v) is 5.20. The second-order valence-corrected chi connectivity index (χ2v) is 7.60. The maximum Gasteiger partial charge on any atom is 0.258 e. The van der Waals surface area contributed by atoms with Crippen molar-refractivity contribution in [1.82, 2.24) is 20.2 Å². The number of hydrogen-bond acceptors (Lipinski definition) is 4. The van der Waals surface area contributed by atoms with Gasteiger partial charge in [0.25, 0.3) is 5.56 Å². The highest BCUT2D eigenvalue weighted by atomic mass is 35.5. The molecule has 0 aliphatic carbocycles. The van der Waals surface area contributed by atoms with Gasteiger partial charge in [-0.2, -0.15) is 0 Å². The summed E-state index contributed by atoms with van der Waals surface area (Å²) in [7, 11) is 3.92. The molecule has 1 atom stereocenters. The molecule has 0 saturated carbocycles. The van der Waals surface area contributed by atoms with Crippen LogP contribution in [0.25, 0.3) is 10.9 Å². The number of aryl methyl sites for hydroxylation is 1. The summed E-state index contributed by atoms with van der Waals surface area (Å²) >= 11 is 6.31. The standard InChI is InChI=1S/C22H25ClN4O2/c1-27(2)19(15-8-3-5-10-17(15)23)14-24-21(28)13-7-12-20-25-18-11-6-4-9-16(18)22(29)26-20/h3-6,8-11,19H,7,12-14H2,1-2H3,(H,24,28)(H,25,26,29). The summed E-state index contributed by atoms with van der Waals surface area (Å²) in [6, 6.07) is 14.9. The zero-order chi connectivity index (χ0) is 20.8. The zero-order valence-electron chi connectivity index (χ0n) is 16.6. The van der Waals surface area contributed by atoms with E-state index >= 15 is 0 Å². The summed E-state index contributed by atoms with van der Waals surface area (Å²) in [5, 5.41) is 4.24. The molecule has 1 unspecified atom stereocenters. The number of H-pyrrole nitrogens is 1. The highest BCUT2D eigenvalue weighted by Crippen LogP contribution is 2.25. The van der Waals surface area contributed by atoms with Gasteiger partial charge in [-0.15, -0.1) is 0 Å². The van der Waals surface area contributed by atoms with Gasteiger partial charge >= 0.3 is 0 Å². The van der Waals surface area contributed by atoms with Crippen LogP contribution in [-0.4, -0.2) is 41.4 Å². The fourth-order valence-corrected chi connectivity index (χ4v) is 3.55. The molecule has 0 saturated heterocycles. The predicted molar refractivity (Wildman–Crippen MR) is 116 cm³/mol. The van der Waals surface area contributed by atoms with Crippen LogP contribution in [0.2, 0.25) is 5.02 Å². The lowest BCUT2D eigenvalue weighted by atomic mass is 10.1. The van der Waals surface area contributed by atoms with E-state index in [9.17, 15) is 9.59 Å². The van der Waals surface area contributed by atoms with Crippen molar-refractivity contribution in [2.75, 3.05) is 20.6 Å². The number of carbonyl (C=O) groups excluding carboxylic acids is 1. The number of halogens is 1. The number of para-hydroxylation sites is 1.